The van der Waals surface area contributed by atoms with E-state index in [1.165, 1.54) is 12.8 Å². The third kappa shape index (κ3) is 2.17. The van der Waals surface area contributed by atoms with E-state index in [2.05, 4.69) is 22.0 Å². The standard InChI is InChI=1S/C18H20N2O/c1-20-7-6-14-10-15(4-5-17(14)20)18(21)19-11-16-9-12-2-3-13(16)8-12/h2-7,10,12-13,16H,8-9,11H2,1H3,(H,19,21)/t12-,13+,16-/m1/s1. The topological polar surface area (TPSA) is 34.0 Å². The summed E-state index contributed by atoms with van der Waals surface area (Å²) in [6.45, 7) is 0.803. The Morgan fingerprint density at radius 3 is 2.95 bits per heavy atom. The first kappa shape index (κ1) is 12.7. The number of amides is 1. The van der Waals surface area contributed by atoms with Gasteiger partial charge in [-0.05, 0) is 54.9 Å². The monoisotopic (exact) mass is 280 g/mol. The molecule has 2 aliphatic carbocycles. The van der Waals surface area contributed by atoms with Crippen LogP contribution in [0.2, 0.25) is 0 Å². The number of rotatable bonds is 3. The molecule has 1 heterocycles. The summed E-state index contributed by atoms with van der Waals surface area (Å²) in [4.78, 5) is 12.3. The summed E-state index contributed by atoms with van der Waals surface area (Å²) < 4.78 is 2.07. The van der Waals surface area contributed by atoms with Crippen LogP contribution in [0.4, 0.5) is 0 Å². The van der Waals surface area contributed by atoms with Crippen LogP contribution in [0, 0.1) is 17.8 Å². The number of nitrogens with one attached hydrogen (secondary N) is 1. The normalized spacial score (nSPS) is 26.6. The number of aromatic nitrogens is 1. The van der Waals surface area contributed by atoms with Gasteiger partial charge < -0.3 is 9.88 Å². The van der Waals surface area contributed by atoms with Gasteiger partial charge in [-0.25, -0.2) is 0 Å². The first-order valence-corrected chi connectivity index (χ1v) is 7.72. The number of carbonyl (C=O) groups is 1. The van der Waals surface area contributed by atoms with Crippen molar-refractivity contribution in [2.45, 2.75) is 12.8 Å². The van der Waals surface area contributed by atoms with Gasteiger partial charge in [0, 0.05) is 36.3 Å². The zero-order valence-corrected chi connectivity index (χ0v) is 12.3. The van der Waals surface area contributed by atoms with Gasteiger partial charge in [-0.3, -0.25) is 4.79 Å². The Balaban J connectivity index is 1.45. The van der Waals surface area contributed by atoms with Crippen LogP contribution in [0.5, 0.6) is 0 Å². The average molecular weight is 280 g/mol. The highest BCUT2D eigenvalue weighted by atomic mass is 16.1. The highest BCUT2D eigenvalue weighted by Gasteiger charge is 2.35. The molecule has 4 rings (SSSR count). The summed E-state index contributed by atoms with van der Waals surface area (Å²) in [6.07, 6.45) is 9.22. The summed E-state index contributed by atoms with van der Waals surface area (Å²) in [7, 11) is 2.02. The van der Waals surface area contributed by atoms with E-state index >= 15 is 0 Å². The van der Waals surface area contributed by atoms with Crippen molar-refractivity contribution in [1.82, 2.24) is 9.88 Å². The van der Waals surface area contributed by atoms with Crippen molar-refractivity contribution >= 4 is 16.8 Å². The van der Waals surface area contributed by atoms with Crippen LogP contribution >= 0.6 is 0 Å². The minimum atomic E-state index is 0.0486. The molecule has 3 atom stereocenters. The van der Waals surface area contributed by atoms with Crippen LogP contribution in [-0.4, -0.2) is 17.0 Å². The van der Waals surface area contributed by atoms with Crippen molar-refractivity contribution in [1.29, 1.82) is 0 Å². The second-order valence-corrected chi connectivity index (χ2v) is 6.45. The SMILES string of the molecule is Cn1ccc2cc(C(=O)NC[C@H]3C[C@@H]4C=C[C@H]3C4)ccc21. The first-order valence-electron chi connectivity index (χ1n) is 7.72. The van der Waals surface area contributed by atoms with E-state index in [0.717, 1.165) is 28.9 Å². The summed E-state index contributed by atoms with van der Waals surface area (Å²) in [5, 5.41) is 4.24. The minimum absolute atomic E-state index is 0.0486. The van der Waals surface area contributed by atoms with Gasteiger partial charge in [-0.15, -0.1) is 0 Å². The lowest BCUT2D eigenvalue weighted by atomic mass is 9.93. The molecule has 1 N–H and O–H groups in total. The molecular formula is C18H20N2O. The number of nitrogens with zero attached hydrogens (tertiary/aromatic N) is 1. The molecule has 3 nitrogen and oxygen atoms in total. The number of aryl methyl sites for hydroxylation is 1. The third-order valence-corrected chi connectivity index (χ3v) is 5.09. The van der Waals surface area contributed by atoms with Gasteiger partial charge in [0.2, 0.25) is 0 Å². The Hall–Kier alpha value is -2.03. The van der Waals surface area contributed by atoms with Crippen LogP contribution in [0.3, 0.4) is 0 Å². The predicted molar refractivity (Wildman–Crippen MR) is 84.1 cm³/mol. The molecule has 0 saturated heterocycles. The molecule has 3 heteroatoms. The summed E-state index contributed by atoms with van der Waals surface area (Å²) in [5.41, 5.74) is 1.91. The van der Waals surface area contributed by atoms with Gasteiger partial charge in [0.05, 0.1) is 0 Å². The maximum Gasteiger partial charge on any atom is 0.251 e. The predicted octanol–water partition coefficient (Wildman–Crippen LogP) is 3.12. The van der Waals surface area contributed by atoms with Crippen LogP contribution < -0.4 is 5.32 Å². The summed E-state index contributed by atoms with van der Waals surface area (Å²) in [6, 6.07) is 7.96. The minimum Gasteiger partial charge on any atom is -0.352 e. The molecule has 1 fully saturated rings. The second kappa shape index (κ2) is 4.76. The second-order valence-electron chi connectivity index (χ2n) is 6.45. The molecule has 1 aromatic heterocycles. The van der Waals surface area contributed by atoms with E-state index in [-0.39, 0.29) is 5.91 Å². The van der Waals surface area contributed by atoms with E-state index in [1.54, 1.807) is 0 Å². The Bertz CT molecular complexity index is 728. The number of carbonyl (C=O) groups excluding carboxylic acids is 1. The lowest BCUT2D eigenvalue weighted by Gasteiger charge is -2.18. The van der Waals surface area contributed by atoms with E-state index in [1.807, 2.05) is 37.5 Å². The molecule has 2 aliphatic rings. The van der Waals surface area contributed by atoms with Crippen molar-refractivity contribution in [2.75, 3.05) is 6.54 Å². The zero-order valence-electron chi connectivity index (χ0n) is 12.3. The summed E-state index contributed by atoms with van der Waals surface area (Å²) in [5.74, 6) is 2.13. The van der Waals surface area contributed by atoms with Crippen molar-refractivity contribution in [2.24, 2.45) is 24.8 Å². The van der Waals surface area contributed by atoms with E-state index < -0.39 is 0 Å². The van der Waals surface area contributed by atoms with Crippen LogP contribution in [0.1, 0.15) is 23.2 Å². The maximum absolute atomic E-state index is 12.3. The van der Waals surface area contributed by atoms with E-state index in [4.69, 9.17) is 0 Å². The fourth-order valence-corrected chi connectivity index (χ4v) is 3.88. The Morgan fingerprint density at radius 2 is 2.19 bits per heavy atom. The van der Waals surface area contributed by atoms with Crippen LogP contribution in [-0.2, 0) is 7.05 Å². The van der Waals surface area contributed by atoms with E-state index in [0.29, 0.717) is 11.8 Å². The number of fused-ring (bicyclic) bond motifs is 3. The maximum atomic E-state index is 12.3. The lowest BCUT2D eigenvalue weighted by molar-refractivity contribution is 0.0945. The van der Waals surface area contributed by atoms with Crippen molar-refractivity contribution in [3.8, 4) is 0 Å². The van der Waals surface area contributed by atoms with Gasteiger partial charge in [0.1, 0.15) is 0 Å². The fraction of sp³-hybridized carbons (Fsp3) is 0.389. The smallest absolute Gasteiger partial charge is 0.251 e. The van der Waals surface area contributed by atoms with Gasteiger partial charge in [0.25, 0.3) is 5.91 Å². The molecule has 108 valence electrons. The molecule has 2 aromatic rings. The van der Waals surface area contributed by atoms with Gasteiger partial charge in [-0.2, -0.15) is 0 Å². The van der Waals surface area contributed by atoms with Crippen molar-refractivity contribution in [3.63, 3.8) is 0 Å². The van der Waals surface area contributed by atoms with Crippen molar-refractivity contribution < 1.29 is 4.79 Å². The molecule has 0 aliphatic heterocycles. The van der Waals surface area contributed by atoms with E-state index in [9.17, 15) is 4.79 Å². The molecule has 1 aromatic carbocycles. The molecule has 0 unspecified atom stereocenters. The summed E-state index contributed by atoms with van der Waals surface area (Å²) >= 11 is 0. The highest BCUT2D eigenvalue weighted by Crippen LogP contribution is 2.42. The molecule has 0 radical (unpaired) electrons. The molecule has 0 spiro atoms. The number of allylic oxidation sites excluding steroid dienone is 2. The Morgan fingerprint density at radius 1 is 1.29 bits per heavy atom. The van der Waals surface area contributed by atoms with Crippen LogP contribution in [0.15, 0.2) is 42.6 Å². The number of hydrogen-bond acceptors (Lipinski definition) is 1. The molecule has 1 amide bonds. The Labute approximate surface area is 124 Å². The fourth-order valence-electron chi connectivity index (χ4n) is 3.88. The largest absolute Gasteiger partial charge is 0.352 e. The van der Waals surface area contributed by atoms with Gasteiger partial charge in [-0.1, -0.05) is 12.2 Å². The third-order valence-electron chi connectivity index (χ3n) is 5.09. The first-order chi connectivity index (χ1) is 10.2. The van der Waals surface area contributed by atoms with Crippen LogP contribution in [0.25, 0.3) is 10.9 Å². The number of benzene rings is 1. The van der Waals surface area contributed by atoms with Gasteiger partial charge >= 0.3 is 0 Å². The zero-order chi connectivity index (χ0) is 14.4. The number of hydrogen-bond donors (Lipinski definition) is 1. The molecular weight excluding hydrogens is 260 g/mol. The molecule has 21 heavy (non-hydrogen) atoms. The molecule has 2 bridgehead atoms. The molecule has 1 saturated carbocycles. The highest BCUT2D eigenvalue weighted by molar-refractivity contribution is 5.98. The quantitative estimate of drug-likeness (QED) is 0.861. The average Bonchev–Trinajstić information content (AvgIpc) is 3.20. The lowest BCUT2D eigenvalue weighted by Crippen LogP contribution is -2.30. The Kier molecular flexibility index (Phi) is 2.88. The van der Waals surface area contributed by atoms with Crippen molar-refractivity contribution in [3.05, 3.63) is 48.2 Å². The van der Waals surface area contributed by atoms with Gasteiger partial charge in [0.15, 0.2) is 0 Å².